The SMILES string of the molecule is CC(C)N(CC(F)(F)F)C1CNCc2ccccc21. The average molecular weight is 272 g/mol. The minimum atomic E-state index is -4.17. The van der Waals surface area contributed by atoms with Crippen molar-refractivity contribution in [1.82, 2.24) is 10.2 Å². The predicted molar refractivity (Wildman–Crippen MR) is 68.8 cm³/mol. The first-order chi connectivity index (χ1) is 8.88. The number of rotatable bonds is 3. The molecule has 0 amide bonds. The molecule has 1 unspecified atom stereocenters. The lowest BCUT2D eigenvalue weighted by Crippen LogP contribution is -2.46. The van der Waals surface area contributed by atoms with Gasteiger partial charge in [-0.15, -0.1) is 0 Å². The van der Waals surface area contributed by atoms with Crippen molar-refractivity contribution in [3.63, 3.8) is 0 Å². The Morgan fingerprint density at radius 1 is 1.32 bits per heavy atom. The van der Waals surface area contributed by atoms with Gasteiger partial charge < -0.3 is 5.32 Å². The maximum Gasteiger partial charge on any atom is 0.401 e. The smallest absolute Gasteiger partial charge is 0.311 e. The molecular formula is C14H19F3N2. The quantitative estimate of drug-likeness (QED) is 0.909. The molecule has 2 nitrogen and oxygen atoms in total. The lowest BCUT2D eigenvalue weighted by molar-refractivity contribution is -0.155. The van der Waals surface area contributed by atoms with Crippen LogP contribution in [-0.4, -0.2) is 30.2 Å². The molecule has 0 spiro atoms. The summed E-state index contributed by atoms with van der Waals surface area (Å²) in [7, 11) is 0. The van der Waals surface area contributed by atoms with Crippen molar-refractivity contribution in [3.05, 3.63) is 35.4 Å². The minimum absolute atomic E-state index is 0.153. The van der Waals surface area contributed by atoms with Crippen molar-refractivity contribution < 1.29 is 13.2 Å². The molecule has 1 aliphatic rings. The van der Waals surface area contributed by atoms with Gasteiger partial charge in [0.15, 0.2) is 0 Å². The van der Waals surface area contributed by atoms with Gasteiger partial charge in [-0.05, 0) is 25.0 Å². The second kappa shape index (κ2) is 5.51. The van der Waals surface area contributed by atoms with E-state index in [2.05, 4.69) is 5.32 Å². The summed E-state index contributed by atoms with van der Waals surface area (Å²) in [5, 5.41) is 3.20. The minimum Gasteiger partial charge on any atom is -0.311 e. The van der Waals surface area contributed by atoms with Crippen molar-refractivity contribution >= 4 is 0 Å². The van der Waals surface area contributed by atoms with Crippen molar-refractivity contribution in [2.45, 2.75) is 38.7 Å². The zero-order chi connectivity index (χ0) is 14.0. The van der Waals surface area contributed by atoms with Crippen molar-refractivity contribution in [1.29, 1.82) is 0 Å². The molecule has 0 aromatic heterocycles. The first-order valence-corrected chi connectivity index (χ1v) is 6.49. The van der Waals surface area contributed by atoms with E-state index in [1.54, 1.807) is 0 Å². The summed E-state index contributed by atoms with van der Waals surface area (Å²) in [6.45, 7) is 4.03. The van der Waals surface area contributed by atoms with Crippen LogP contribution in [0.15, 0.2) is 24.3 Å². The second-order valence-electron chi connectivity index (χ2n) is 5.23. The Morgan fingerprint density at radius 3 is 2.63 bits per heavy atom. The van der Waals surface area contributed by atoms with Gasteiger partial charge in [0.25, 0.3) is 0 Å². The lowest BCUT2D eigenvalue weighted by atomic mass is 9.94. The van der Waals surface area contributed by atoms with E-state index in [1.807, 2.05) is 38.1 Å². The third-order valence-electron chi connectivity index (χ3n) is 3.49. The van der Waals surface area contributed by atoms with Gasteiger partial charge in [-0.25, -0.2) is 0 Å². The summed E-state index contributed by atoms with van der Waals surface area (Å²) in [6.07, 6.45) is -4.17. The van der Waals surface area contributed by atoms with E-state index in [4.69, 9.17) is 0 Å². The van der Waals surface area contributed by atoms with Gasteiger partial charge in [0, 0.05) is 25.2 Å². The summed E-state index contributed by atoms with van der Waals surface area (Å²) in [5.41, 5.74) is 2.10. The topological polar surface area (TPSA) is 15.3 Å². The summed E-state index contributed by atoms with van der Waals surface area (Å²) in [5.74, 6) is 0. The van der Waals surface area contributed by atoms with Gasteiger partial charge in [-0.1, -0.05) is 24.3 Å². The zero-order valence-electron chi connectivity index (χ0n) is 11.2. The Morgan fingerprint density at radius 2 is 2.00 bits per heavy atom. The molecule has 0 saturated heterocycles. The number of nitrogens with one attached hydrogen (secondary N) is 1. The molecule has 2 rings (SSSR count). The van der Waals surface area contributed by atoms with Gasteiger partial charge >= 0.3 is 6.18 Å². The number of hydrogen-bond donors (Lipinski definition) is 1. The van der Waals surface area contributed by atoms with Crippen LogP contribution < -0.4 is 5.32 Å². The van der Waals surface area contributed by atoms with E-state index in [9.17, 15) is 13.2 Å². The van der Waals surface area contributed by atoms with Crippen LogP contribution in [0.1, 0.15) is 31.0 Å². The van der Waals surface area contributed by atoms with Gasteiger partial charge in [0.2, 0.25) is 0 Å². The van der Waals surface area contributed by atoms with E-state index in [-0.39, 0.29) is 12.1 Å². The van der Waals surface area contributed by atoms with E-state index < -0.39 is 12.7 Å². The molecule has 1 atom stereocenters. The largest absolute Gasteiger partial charge is 0.401 e. The molecule has 0 fully saturated rings. The first kappa shape index (κ1) is 14.3. The van der Waals surface area contributed by atoms with Crippen molar-refractivity contribution in [3.8, 4) is 0 Å². The highest BCUT2D eigenvalue weighted by atomic mass is 19.4. The highest BCUT2D eigenvalue weighted by molar-refractivity contribution is 5.32. The van der Waals surface area contributed by atoms with Crippen molar-refractivity contribution in [2.24, 2.45) is 0 Å². The van der Waals surface area contributed by atoms with Crippen LogP contribution >= 0.6 is 0 Å². The van der Waals surface area contributed by atoms with Crippen LogP contribution in [0.25, 0.3) is 0 Å². The Kier molecular flexibility index (Phi) is 4.16. The van der Waals surface area contributed by atoms with Gasteiger partial charge in [-0.2, -0.15) is 13.2 Å². The van der Waals surface area contributed by atoms with E-state index in [0.717, 1.165) is 17.7 Å². The normalized spacial score (nSPS) is 19.8. The fourth-order valence-electron chi connectivity index (χ4n) is 2.63. The van der Waals surface area contributed by atoms with Crippen LogP contribution in [0.3, 0.4) is 0 Å². The molecule has 1 aromatic rings. The molecule has 1 heterocycles. The molecule has 1 aliphatic heterocycles. The highest BCUT2D eigenvalue weighted by Crippen LogP contribution is 2.31. The molecule has 106 valence electrons. The van der Waals surface area contributed by atoms with Crippen LogP contribution in [-0.2, 0) is 6.54 Å². The Labute approximate surface area is 111 Å². The maximum absolute atomic E-state index is 12.7. The third-order valence-corrected chi connectivity index (χ3v) is 3.49. The summed E-state index contributed by atoms with van der Waals surface area (Å²) < 4.78 is 38.2. The second-order valence-corrected chi connectivity index (χ2v) is 5.23. The van der Waals surface area contributed by atoms with Crippen LogP contribution in [0.2, 0.25) is 0 Å². The van der Waals surface area contributed by atoms with Crippen LogP contribution in [0.4, 0.5) is 13.2 Å². The monoisotopic (exact) mass is 272 g/mol. The van der Waals surface area contributed by atoms with E-state index >= 15 is 0 Å². The summed E-state index contributed by atoms with van der Waals surface area (Å²) >= 11 is 0. The molecular weight excluding hydrogens is 253 g/mol. The number of fused-ring (bicyclic) bond motifs is 1. The fraction of sp³-hybridized carbons (Fsp3) is 0.571. The summed E-state index contributed by atoms with van der Waals surface area (Å²) in [6, 6.07) is 7.36. The Bertz CT molecular complexity index is 429. The fourth-order valence-corrected chi connectivity index (χ4v) is 2.63. The Hall–Kier alpha value is -1.07. The zero-order valence-corrected chi connectivity index (χ0v) is 11.2. The maximum atomic E-state index is 12.7. The molecule has 5 heteroatoms. The van der Waals surface area contributed by atoms with Gasteiger partial charge in [0.1, 0.15) is 0 Å². The van der Waals surface area contributed by atoms with Gasteiger partial charge in [-0.3, -0.25) is 4.90 Å². The summed E-state index contributed by atoms with van der Waals surface area (Å²) in [4.78, 5) is 1.52. The molecule has 0 saturated carbocycles. The van der Waals surface area contributed by atoms with E-state index in [1.165, 1.54) is 4.90 Å². The standard InChI is InChI=1S/C14H19F3N2/c1-10(2)19(9-14(15,16)17)13-8-18-7-11-5-3-4-6-12(11)13/h3-6,10,13,18H,7-9H2,1-2H3. The molecule has 0 bridgehead atoms. The van der Waals surface area contributed by atoms with Crippen molar-refractivity contribution in [2.75, 3.05) is 13.1 Å². The number of nitrogens with zero attached hydrogens (tertiary/aromatic N) is 1. The third kappa shape index (κ3) is 3.48. The van der Waals surface area contributed by atoms with E-state index in [0.29, 0.717) is 6.54 Å². The average Bonchev–Trinajstić information content (AvgIpc) is 2.34. The lowest BCUT2D eigenvalue weighted by Gasteiger charge is -2.39. The number of hydrogen-bond acceptors (Lipinski definition) is 2. The predicted octanol–water partition coefficient (Wildman–Crippen LogP) is 3.10. The number of benzene rings is 1. The molecule has 0 aliphatic carbocycles. The number of alkyl halides is 3. The van der Waals surface area contributed by atoms with Gasteiger partial charge in [0.05, 0.1) is 6.54 Å². The van der Waals surface area contributed by atoms with Crippen LogP contribution in [0.5, 0.6) is 0 Å². The molecule has 19 heavy (non-hydrogen) atoms. The highest BCUT2D eigenvalue weighted by Gasteiger charge is 2.36. The molecule has 1 aromatic carbocycles. The Balaban J connectivity index is 2.28. The van der Waals surface area contributed by atoms with Crippen LogP contribution in [0, 0.1) is 0 Å². The first-order valence-electron chi connectivity index (χ1n) is 6.49. The molecule has 0 radical (unpaired) electrons. The molecule has 1 N–H and O–H groups in total. The number of halogens is 3.